The zero-order valence-corrected chi connectivity index (χ0v) is 17.3. The van der Waals surface area contributed by atoms with Crippen LogP contribution in [-0.4, -0.2) is 25.6 Å². The number of aryl methyl sites for hydroxylation is 1. The number of aliphatic imine (C=N–C) groups is 1. The minimum Gasteiger partial charge on any atom is -0.287 e. The SMILES string of the molecule is CCc1ccc(S(=O)(=O)/N=C2/CC(=Nc3ccccc3)C(=O)c3ccccc32)cc1. The Morgan fingerprint density at radius 2 is 1.43 bits per heavy atom. The average Bonchev–Trinajstić information content (AvgIpc) is 2.77. The summed E-state index contributed by atoms with van der Waals surface area (Å²) >= 11 is 0. The maximum atomic E-state index is 12.9. The summed E-state index contributed by atoms with van der Waals surface area (Å²) in [5.41, 5.74) is 3.22. The van der Waals surface area contributed by atoms with Crippen LogP contribution in [0.5, 0.6) is 0 Å². The van der Waals surface area contributed by atoms with Gasteiger partial charge in [-0.3, -0.25) is 4.79 Å². The molecule has 1 aliphatic carbocycles. The van der Waals surface area contributed by atoms with Crippen LogP contribution in [0.4, 0.5) is 5.69 Å². The molecule has 0 fully saturated rings. The van der Waals surface area contributed by atoms with Gasteiger partial charge < -0.3 is 0 Å². The summed E-state index contributed by atoms with van der Waals surface area (Å²) in [7, 11) is -3.92. The number of para-hydroxylation sites is 1. The van der Waals surface area contributed by atoms with Gasteiger partial charge in [-0.25, -0.2) is 4.99 Å². The van der Waals surface area contributed by atoms with Crippen LogP contribution >= 0.6 is 0 Å². The van der Waals surface area contributed by atoms with E-state index in [-0.39, 0.29) is 22.8 Å². The second-order valence-corrected chi connectivity index (χ2v) is 8.56. The summed E-state index contributed by atoms with van der Waals surface area (Å²) in [6.07, 6.45) is 0.876. The number of carbonyl (C=O) groups excluding carboxylic acids is 1. The van der Waals surface area contributed by atoms with Gasteiger partial charge in [-0.15, -0.1) is 0 Å². The van der Waals surface area contributed by atoms with Gasteiger partial charge in [0.1, 0.15) is 0 Å². The van der Waals surface area contributed by atoms with Crippen LogP contribution in [0.15, 0.2) is 93.1 Å². The Labute approximate surface area is 175 Å². The van der Waals surface area contributed by atoms with Gasteiger partial charge in [-0.05, 0) is 36.2 Å². The molecule has 0 atom stereocenters. The molecule has 0 aromatic heterocycles. The predicted molar refractivity (Wildman–Crippen MR) is 118 cm³/mol. The first kappa shape index (κ1) is 19.9. The van der Waals surface area contributed by atoms with Crippen molar-refractivity contribution in [3.05, 3.63) is 95.6 Å². The van der Waals surface area contributed by atoms with E-state index in [9.17, 15) is 13.2 Å². The minimum absolute atomic E-state index is 0.0526. The quantitative estimate of drug-likeness (QED) is 0.614. The van der Waals surface area contributed by atoms with Gasteiger partial charge in [0.15, 0.2) is 0 Å². The van der Waals surface area contributed by atoms with Gasteiger partial charge >= 0.3 is 0 Å². The number of hydrogen-bond donors (Lipinski definition) is 0. The summed E-state index contributed by atoms with van der Waals surface area (Å²) in [6.45, 7) is 2.01. The van der Waals surface area contributed by atoms with Crippen LogP contribution in [-0.2, 0) is 16.4 Å². The third kappa shape index (κ3) is 4.00. The van der Waals surface area contributed by atoms with Crippen molar-refractivity contribution in [2.24, 2.45) is 9.39 Å². The van der Waals surface area contributed by atoms with Gasteiger partial charge in [0, 0.05) is 17.5 Å². The number of fused-ring (bicyclic) bond motifs is 1. The molecule has 0 bridgehead atoms. The highest BCUT2D eigenvalue weighted by molar-refractivity contribution is 7.90. The summed E-state index contributed by atoms with van der Waals surface area (Å²) in [4.78, 5) is 17.5. The molecule has 30 heavy (non-hydrogen) atoms. The highest BCUT2D eigenvalue weighted by atomic mass is 32.2. The molecule has 0 amide bonds. The Balaban J connectivity index is 1.80. The maximum Gasteiger partial charge on any atom is 0.282 e. The molecule has 0 radical (unpaired) electrons. The maximum absolute atomic E-state index is 12.9. The number of ketones is 1. The molecule has 0 spiro atoms. The first-order valence-corrected chi connectivity index (χ1v) is 11.1. The lowest BCUT2D eigenvalue weighted by atomic mass is 9.87. The van der Waals surface area contributed by atoms with Crippen molar-refractivity contribution in [1.82, 2.24) is 0 Å². The Morgan fingerprint density at radius 3 is 2.10 bits per heavy atom. The van der Waals surface area contributed by atoms with E-state index in [1.165, 1.54) is 0 Å². The lowest BCUT2D eigenvalue weighted by molar-refractivity contribution is 0.106. The van der Waals surface area contributed by atoms with Crippen molar-refractivity contribution in [1.29, 1.82) is 0 Å². The number of nitrogens with zero attached hydrogens (tertiary/aromatic N) is 2. The topological polar surface area (TPSA) is 75.9 Å². The molecule has 0 unspecified atom stereocenters. The Hall–Kier alpha value is -3.38. The molecule has 0 saturated heterocycles. The normalized spacial score (nSPS) is 16.6. The summed E-state index contributed by atoms with van der Waals surface area (Å²) in [5, 5.41) is 0. The third-order valence-corrected chi connectivity index (χ3v) is 6.29. The fraction of sp³-hybridized carbons (Fsp3) is 0.125. The molecule has 3 aromatic carbocycles. The van der Waals surface area contributed by atoms with Crippen LogP contribution < -0.4 is 0 Å². The zero-order valence-electron chi connectivity index (χ0n) is 16.4. The van der Waals surface area contributed by atoms with Gasteiger partial charge in [0.05, 0.1) is 22.0 Å². The number of Topliss-reactive ketones (excluding diaryl/α,β-unsaturated/α-hetero) is 1. The minimum atomic E-state index is -3.92. The van der Waals surface area contributed by atoms with E-state index >= 15 is 0 Å². The Kier molecular flexibility index (Phi) is 5.42. The highest BCUT2D eigenvalue weighted by Gasteiger charge is 2.29. The molecule has 4 rings (SSSR count). The smallest absolute Gasteiger partial charge is 0.282 e. The second-order valence-electron chi connectivity index (χ2n) is 6.96. The fourth-order valence-corrected chi connectivity index (χ4v) is 4.39. The van der Waals surface area contributed by atoms with E-state index in [2.05, 4.69) is 9.39 Å². The van der Waals surface area contributed by atoms with Crippen molar-refractivity contribution >= 4 is 32.9 Å². The van der Waals surface area contributed by atoms with Gasteiger partial charge in [0.2, 0.25) is 5.78 Å². The van der Waals surface area contributed by atoms with E-state index < -0.39 is 10.0 Å². The molecule has 6 heteroatoms. The van der Waals surface area contributed by atoms with Gasteiger partial charge in [-0.1, -0.05) is 61.5 Å². The molecule has 0 heterocycles. The lowest BCUT2D eigenvalue weighted by Crippen LogP contribution is -2.28. The molecule has 0 saturated carbocycles. The molecular weight excluding hydrogens is 396 g/mol. The zero-order chi connectivity index (χ0) is 21.1. The van der Waals surface area contributed by atoms with Gasteiger partial charge in [0.25, 0.3) is 10.0 Å². The average molecular weight is 417 g/mol. The summed E-state index contributed by atoms with van der Waals surface area (Å²) in [5.74, 6) is -0.210. The third-order valence-electron chi connectivity index (χ3n) is 4.96. The molecule has 150 valence electrons. The predicted octanol–water partition coefficient (Wildman–Crippen LogP) is 4.79. The first-order valence-electron chi connectivity index (χ1n) is 9.67. The van der Waals surface area contributed by atoms with E-state index in [4.69, 9.17) is 0 Å². The second kappa shape index (κ2) is 8.16. The van der Waals surface area contributed by atoms with Crippen LogP contribution in [0.3, 0.4) is 0 Å². The van der Waals surface area contributed by atoms with Crippen molar-refractivity contribution in [3.63, 3.8) is 0 Å². The molecule has 0 aliphatic heterocycles. The number of carbonyl (C=O) groups is 1. The van der Waals surface area contributed by atoms with Crippen molar-refractivity contribution in [3.8, 4) is 0 Å². The highest BCUT2D eigenvalue weighted by Crippen LogP contribution is 2.25. The molecule has 1 aliphatic rings. The van der Waals surface area contributed by atoms with Crippen molar-refractivity contribution in [2.45, 2.75) is 24.7 Å². The summed E-state index contributed by atoms with van der Waals surface area (Å²) < 4.78 is 30.0. The number of hydrogen-bond acceptors (Lipinski definition) is 4. The monoisotopic (exact) mass is 416 g/mol. The Morgan fingerprint density at radius 1 is 0.800 bits per heavy atom. The molecule has 3 aromatic rings. The Bertz CT molecular complexity index is 1260. The number of benzene rings is 3. The number of sulfonamides is 1. The first-order chi connectivity index (χ1) is 14.5. The molecule has 0 N–H and O–H groups in total. The van der Waals surface area contributed by atoms with E-state index in [1.807, 2.05) is 25.1 Å². The van der Waals surface area contributed by atoms with E-state index in [1.54, 1.807) is 60.7 Å². The van der Waals surface area contributed by atoms with E-state index in [0.29, 0.717) is 22.5 Å². The molecule has 5 nitrogen and oxygen atoms in total. The van der Waals surface area contributed by atoms with Crippen molar-refractivity contribution < 1.29 is 13.2 Å². The standard InChI is InChI=1S/C24H20N2O3S/c1-2-17-12-14-19(15-13-17)30(28,29)26-22-16-23(25-18-8-4-3-5-9-18)24(27)21-11-7-6-10-20(21)22/h3-15H,2,16H2,1H3/b25-23?,26-22-. The van der Waals surface area contributed by atoms with E-state index in [0.717, 1.165) is 12.0 Å². The largest absolute Gasteiger partial charge is 0.287 e. The summed E-state index contributed by atoms with van der Waals surface area (Å²) in [6, 6.07) is 22.7. The van der Waals surface area contributed by atoms with Gasteiger partial charge in [-0.2, -0.15) is 12.8 Å². The fourth-order valence-electron chi connectivity index (χ4n) is 3.35. The number of rotatable bonds is 4. The van der Waals surface area contributed by atoms with Crippen LogP contribution in [0, 0.1) is 0 Å². The van der Waals surface area contributed by atoms with Crippen LogP contribution in [0.2, 0.25) is 0 Å². The van der Waals surface area contributed by atoms with Crippen molar-refractivity contribution in [2.75, 3.05) is 0 Å². The molecular formula is C24H20N2O3S. The van der Waals surface area contributed by atoms with Crippen LogP contribution in [0.1, 0.15) is 34.8 Å². The lowest BCUT2D eigenvalue weighted by Gasteiger charge is -2.18. The van der Waals surface area contributed by atoms with Crippen LogP contribution in [0.25, 0.3) is 0 Å².